The van der Waals surface area contributed by atoms with Gasteiger partial charge in [-0.2, -0.15) is 13.2 Å². The van der Waals surface area contributed by atoms with Crippen molar-refractivity contribution in [2.75, 3.05) is 5.75 Å². The molecule has 0 bridgehead atoms. The first-order valence-corrected chi connectivity index (χ1v) is 14.4. The maximum atomic E-state index is 13.2. The Balaban J connectivity index is 0.000000587. The van der Waals surface area contributed by atoms with E-state index in [0.29, 0.717) is 25.2 Å². The van der Waals surface area contributed by atoms with Gasteiger partial charge in [0.05, 0.1) is 16.2 Å². The number of amides is 1. The van der Waals surface area contributed by atoms with Gasteiger partial charge in [0.2, 0.25) is 5.91 Å². The number of rotatable bonds is 8. The summed E-state index contributed by atoms with van der Waals surface area (Å²) < 4.78 is 64.1. The van der Waals surface area contributed by atoms with Gasteiger partial charge in [0.15, 0.2) is 9.84 Å². The van der Waals surface area contributed by atoms with Crippen molar-refractivity contribution in [3.05, 3.63) is 65.9 Å². The van der Waals surface area contributed by atoms with Crippen molar-refractivity contribution in [3.8, 4) is 5.75 Å². The highest BCUT2D eigenvalue weighted by atomic mass is 32.2. The van der Waals surface area contributed by atoms with Crippen molar-refractivity contribution < 1.29 is 46.2 Å². The Bertz CT molecular complexity index is 1470. The van der Waals surface area contributed by atoms with E-state index in [4.69, 9.17) is 19.8 Å². The summed E-state index contributed by atoms with van der Waals surface area (Å²) in [4.78, 5) is 25.5. The molecule has 3 N–H and O–H groups in total. The molecule has 9 nitrogen and oxygen atoms in total. The van der Waals surface area contributed by atoms with Gasteiger partial charge < -0.3 is 9.84 Å². The average Bonchev–Trinajstić information content (AvgIpc) is 2.91. The summed E-state index contributed by atoms with van der Waals surface area (Å²) in [6, 6.07) is 16.3. The number of para-hydroxylation sites is 1. The predicted molar refractivity (Wildman–Crippen MR) is 143 cm³/mol. The summed E-state index contributed by atoms with van der Waals surface area (Å²) >= 11 is 0. The molecule has 1 fully saturated rings. The molecule has 0 atom stereocenters. The Kier molecular flexibility index (Phi) is 10.3. The number of sulfone groups is 1. The minimum absolute atomic E-state index is 0.00320. The largest absolute Gasteiger partial charge is 0.490 e. The van der Waals surface area contributed by atoms with Crippen LogP contribution in [0.3, 0.4) is 0 Å². The van der Waals surface area contributed by atoms with E-state index in [-0.39, 0.29) is 17.1 Å². The zero-order valence-electron chi connectivity index (χ0n) is 22.3. The number of halogens is 3. The predicted octanol–water partition coefficient (Wildman–Crippen LogP) is 5.38. The number of nitrogens with zero attached hydrogens (tertiary/aromatic N) is 1. The molecule has 1 aromatic heterocycles. The van der Waals surface area contributed by atoms with Gasteiger partial charge in [-0.05, 0) is 61.6 Å². The Morgan fingerprint density at radius 1 is 1.05 bits per heavy atom. The van der Waals surface area contributed by atoms with E-state index < -0.39 is 33.3 Å². The lowest BCUT2D eigenvalue weighted by Gasteiger charge is -2.36. The number of hydroxylamine groups is 1. The minimum atomic E-state index is -5.08. The summed E-state index contributed by atoms with van der Waals surface area (Å²) in [5, 5.41) is 17.1. The number of aliphatic carboxylic acids is 1. The fourth-order valence-electron chi connectivity index (χ4n) is 4.96. The van der Waals surface area contributed by atoms with Crippen LogP contribution in [0.5, 0.6) is 5.75 Å². The minimum Gasteiger partial charge on any atom is -0.489 e. The number of nitrogens with one attached hydrogen (secondary N) is 1. The summed E-state index contributed by atoms with van der Waals surface area (Å²) in [5.74, 6) is -2.84. The maximum absolute atomic E-state index is 13.2. The zero-order valence-corrected chi connectivity index (χ0v) is 23.1. The van der Waals surface area contributed by atoms with Gasteiger partial charge in [-0.3, -0.25) is 15.0 Å². The van der Waals surface area contributed by atoms with Crippen molar-refractivity contribution in [3.63, 3.8) is 0 Å². The van der Waals surface area contributed by atoms with E-state index in [9.17, 15) is 26.4 Å². The van der Waals surface area contributed by atoms with E-state index >= 15 is 0 Å². The number of benzene rings is 2. The van der Waals surface area contributed by atoms with Gasteiger partial charge in [0.1, 0.15) is 12.4 Å². The van der Waals surface area contributed by atoms with Crippen molar-refractivity contribution >= 4 is 32.6 Å². The van der Waals surface area contributed by atoms with E-state index in [1.165, 1.54) is 0 Å². The number of ether oxygens (including phenoxy) is 1. The summed E-state index contributed by atoms with van der Waals surface area (Å²) in [6.45, 7) is 2.29. The quantitative estimate of drug-likeness (QED) is 0.233. The van der Waals surface area contributed by atoms with Crippen LogP contribution in [-0.2, 0) is 26.0 Å². The summed E-state index contributed by atoms with van der Waals surface area (Å²) in [6.07, 6.45) is -0.987. The number of pyridine rings is 1. The molecular weight excluding hydrogens is 565 g/mol. The number of carbonyl (C=O) groups is 2. The highest BCUT2D eigenvalue weighted by Gasteiger charge is 2.39. The molecule has 1 saturated carbocycles. The number of alkyl halides is 3. The van der Waals surface area contributed by atoms with Crippen LogP contribution < -0.4 is 10.2 Å². The van der Waals surface area contributed by atoms with Gasteiger partial charge in [-0.15, -0.1) is 0 Å². The Labute approximate surface area is 235 Å². The lowest BCUT2D eigenvalue weighted by Crippen LogP contribution is -2.37. The third-order valence-electron chi connectivity index (χ3n) is 6.82. The van der Waals surface area contributed by atoms with Crippen LogP contribution in [0, 0.1) is 12.3 Å². The molecule has 13 heteroatoms. The number of hydrogen-bond donors (Lipinski definition) is 3. The highest BCUT2D eigenvalue weighted by Crippen LogP contribution is 2.41. The number of aromatic nitrogens is 1. The average molecular weight is 597 g/mol. The highest BCUT2D eigenvalue weighted by molar-refractivity contribution is 7.91. The molecule has 1 aliphatic carbocycles. The van der Waals surface area contributed by atoms with Crippen molar-refractivity contribution in [2.45, 2.75) is 63.1 Å². The van der Waals surface area contributed by atoms with E-state index in [2.05, 4.69) is 4.98 Å². The molecule has 4 rings (SSSR count). The number of carboxylic acids is 1. The van der Waals surface area contributed by atoms with Crippen LogP contribution in [0.25, 0.3) is 10.9 Å². The first kappa shape index (κ1) is 31.8. The van der Waals surface area contributed by atoms with E-state index in [0.717, 1.165) is 41.4 Å². The van der Waals surface area contributed by atoms with Crippen molar-refractivity contribution in [2.24, 2.45) is 5.41 Å². The maximum Gasteiger partial charge on any atom is 0.490 e. The Morgan fingerprint density at radius 2 is 1.66 bits per heavy atom. The lowest BCUT2D eigenvalue weighted by molar-refractivity contribution is -0.192. The Hall–Kier alpha value is -3.71. The fraction of sp³-hybridized carbons (Fsp3) is 0.393. The number of aryl methyl sites for hydroxylation is 1. The fourth-order valence-corrected chi connectivity index (χ4v) is 6.87. The molecule has 1 heterocycles. The monoisotopic (exact) mass is 596 g/mol. The summed E-state index contributed by atoms with van der Waals surface area (Å²) in [5.41, 5.74) is 3.84. The van der Waals surface area contributed by atoms with Crippen LogP contribution in [0.4, 0.5) is 13.2 Å². The van der Waals surface area contributed by atoms with Crippen LogP contribution in [0.15, 0.2) is 59.5 Å². The first-order chi connectivity index (χ1) is 19.2. The number of carbonyl (C=O) groups excluding carboxylic acids is 1. The number of fused-ring (bicyclic) bond motifs is 1. The normalized spacial score (nSPS) is 15.0. The third-order valence-corrected chi connectivity index (χ3v) is 8.80. The Morgan fingerprint density at radius 3 is 2.24 bits per heavy atom. The smallest absolute Gasteiger partial charge is 0.489 e. The van der Waals surface area contributed by atoms with Gasteiger partial charge in [-0.25, -0.2) is 18.7 Å². The molecule has 0 radical (unpaired) electrons. The molecule has 0 saturated heterocycles. The molecule has 0 unspecified atom stereocenters. The van der Waals surface area contributed by atoms with Gasteiger partial charge in [0, 0.05) is 23.1 Å². The molecular formula is C28H31F3N2O7S. The van der Waals surface area contributed by atoms with Gasteiger partial charge in [0.25, 0.3) is 0 Å². The second-order valence-corrected chi connectivity index (χ2v) is 12.0. The van der Waals surface area contributed by atoms with Crippen LogP contribution >= 0.6 is 0 Å². The summed E-state index contributed by atoms with van der Waals surface area (Å²) in [7, 11) is -3.62. The first-order valence-electron chi connectivity index (χ1n) is 12.8. The van der Waals surface area contributed by atoms with Crippen LogP contribution in [0.1, 0.15) is 49.8 Å². The molecule has 1 amide bonds. The second-order valence-electron chi connectivity index (χ2n) is 10.0. The molecule has 3 aromatic rings. The zero-order chi connectivity index (χ0) is 30.3. The third kappa shape index (κ3) is 8.89. The molecule has 2 aromatic carbocycles. The number of carboxylic acid groups (broad SMARTS) is 1. The molecule has 0 aliphatic heterocycles. The molecule has 222 valence electrons. The topological polar surface area (TPSA) is 143 Å². The van der Waals surface area contributed by atoms with Crippen molar-refractivity contribution in [1.29, 1.82) is 0 Å². The van der Waals surface area contributed by atoms with Crippen molar-refractivity contribution in [1.82, 2.24) is 10.5 Å². The SMILES string of the molecule is Cc1cc(COc2ccc(S(=O)(=O)CC3(CC(=O)NO)CCCCC3)cc2)c2ccccc2n1.O=C(O)C(F)(F)F. The van der Waals surface area contributed by atoms with Crippen LogP contribution in [0.2, 0.25) is 0 Å². The van der Waals surface area contributed by atoms with E-state index in [1.54, 1.807) is 29.7 Å². The van der Waals surface area contributed by atoms with E-state index in [1.807, 2.05) is 37.3 Å². The second kappa shape index (κ2) is 13.3. The number of hydrogen-bond acceptors (Lipinski definition) is 7. The lowest BCUT2D eigenvalue weighted by atomic mass is 9.73. The molecule has 41 heavy (non-hydrogen) atoms. The van der Waals surface area contributed by atoms with Gasteiger partial charge in [-0.1, -0.05) is 37.5 Å². The molecule has 1 aliphatic rings. The van der Waals surface area contributed by atoms with Gasteiger partial charge >= 0.3 is 12.1 Å². The van der Waals surface area contributed by atoms with Crippen LogP contribution in [-0.4, -0.2) is 47.5 Å². The molecule has 0 spiro atoms. The standard InChI is InChI=1S/C26H30N2O5S.C2HF3O2/c1-19-15-20(23-7-3-4-8-24(23)27-19)17-33-21-9-11-22(12-10-21)34(31,32)18-26(16-25(29)28-30)13-5-2-6-14-26;3-2(4,5)1(6)7/h3-4,7-12,15,30H,2,5-6,13-14,16-18H2,1H3,(H,28,29);(H,6,7).